The number of carbonyl (C=O) groups excluding carboxylic acids is 2. The van der Waals surface area contributed by atoms with E-state index in [0.29, 0.717) is 23.9 Å². The van der Waals surface area contributed by atoms with Crippen molar-refractivity contribution < 1.29 is 14.7 Å². The van der Waals surface area contributed by atoms with Gasteiger partial charge in [-0.05, 0) is 5.92 Å². The first-order valence-electron chi connectivity index (χ1n) is 6.06. The van der Waals surface area contributed by atoms with Gasteiger partial charge in [-0.1, -0.05) is 13.8 Å². The van der Waals surface area contributed by atoms with E-state index in [-0.39, 0.29) is 17.7 Å². The standard InChI is InChI=1S/C12H17N3O3S/c1-7(2)12(18)5-15(6-12)10(17)9-4-19-11(14-9)13-8(3)16/h4,7,18H,5-6H2,1-3H3,(H,13,14,16). The van der Waals surface area contributed by atoms with Crippen LogP contribution in [0.25, 0.3) is 0 Å². The molecule has 0 aromatic carbocycles. The van der Waals surface area contributed by atoms with Crippen molar-refractivity contribution in [2.45, 2.75) is 26.4 Å². The fourth-order valence-corrected chi connectivity index (χ4v) is 2.60. The molecule has 0 saturated carbocycles. The molecule has 1 aromatic rings. The van der Waals surface area contributed by atoms with Crippen molar-refractivity contribution in [3.63, 3.8) is 0 Å². The van der Waals surface area contributed by atoms with Gasteiger partial charge in [0.2, 0.25) is 5.91 Å². The van der Waals surface area contributed by atoms with Crippen LogP contribution in [0.3, 0.4) is 0 Å². The number of nitrogens with one attached hydrogen (secondary N) is 1. The minimum atomic E-state index is -0.786. The Morgan fingerprint density at radius 2 is 2.16 bits per heavy atom. The van der Waals surface area contributed by atoms with E-state index in [1.165, 1.54) is 18.3 Å². The van der Waals surface area contributed by atoms with Crippen molar-refractivity contribution in [3.05, 3.63) is 11.1 Å². The van der Waals surface area contributed by atoms with Crippen LogP contribution in [0.2, 0.25) is 0 Å². The summed E-state index contributed by atoms with van der Waals surface area (Å²) in [6.07, 6.45) is 0. The predicted molar refractivity (Wildman–Crippen MR) is 72.1 cm³/mol. The summed E-state index contributed by atoms with van der Waals surface area (Å²) >= 11 is 1.21. The number of nitrogens with zero attached hydrogens (tertiary/aromatic N) is 2. The summed E-state index contributed by atoms with van der Waals surface area (Å²) in [6, 6.07) is 0. The Morgan fingerprint density at radius 3 is 2.68 bits per heavy atom. The SMILES string of the molecule is CC(=O)Nc1nc(C(=O)N2CC(O)(C(C)C)C2)cs1. The Labute approximate surface area is 115 Å². The second kappa shape index (κ2) is 4.90. The summed E-state index contributed by atoms with van der Waals surface area (Å²) in [5, 5.41) is 14.7. The van der Waals surface area contributed by atoms with Crippen molar-refractivity contribution in [1.29, 1.82) is 0 Å². The van der Waals surface area contributed by atoms with E-state index in [9.17, 15) is 14.7 Å². The molecule has 2 heterocycles. The monoisotopic (exact) mass is 283 g/mol. The number of aromatic nitrogens is 1. The van der Waals surface area contributed by atoms with E-state index in [1.807, 2.05) is 13.8 Å². The second-order valence-corrected chi connectivity index (χ2v) is 6.00. The molecular weight excluding hydrogens is 266 g/mol. The Kier molecular flexibility index (Phi) is 3.60. The summed E-state index contributed by atoms with van der Waals surface area (Å²) in [5.74, 6) is -0.313. The largest absolute Gasteiger partial charge is 0.386 e. The van der Waals surface area contributed by atoms with Crippen molar-refractivity contribution in [2.75, 3.05) is 18.4 Å². The van der Waals surface area contributed by atoms with Crippen molar-refractivity contribution in [1.82, 2.24) is 9.88 Å². The van der Waals surface area contributed by atoms with Crippen LogP contribution in [0.1, 0.15) is 31.3 Å². The molecule has 0 aliphatic carbocycles. The number of hydrogen-bond acceptors (Lipinski definition) is 5. The number of β-amino-alcohol motifs (C(OH)–C–C–N with tert-alkyl or cyclic N) is 1. The van der Waals surface area contributed by atoms with Crippen LogP contribution in [0.4, 0.5) is 5.13 Å². The fourth-order valence-electron chi connectivity index (χ4n) is 1.87. The van der Waals surface area contributed by atoms with Gasteiger partial charge in [-0.3, -0.25) is 9.59 Å². The van der Waals surface area contributed by atoms with Gasteiger partial charge in [-0.25, -0.2) is 4.98 Å². The molecular formula is C12H17N3O3S. The Hall–Kier alpha value is -1.47. The number of rotatable bonds is 3. The van der Waals surface area contributed by atoms with Gasteiger partial charge in [0.15, 0.2) is 5.13 Å². The molecule has 0 unspecified atom stereocenters. The summed E-state index contributed by atoms with van der Waals surface area (Å²) < 4.78 is 0. The smallest absolute Gasteiger partial charge is 0.273 e. The highest BCUT2D eigenvalue weighted by Crippen LogP contribution is 2.30. The Morgan fingerprint density at radius 1 is 1.53 bits per heavy atom. The van der Waals surface area contributed by atoms with Crippen LogP contribution >= 0.6 is 11.3 Å². The zero-order chi connectivity index (χ0) is 14.2. The molecule has 19 heavy (non-hydrogen) atoms. The Balaban J connectivity index is 1.98. The van der Waals surface area contributed by atoms with Gasteiger partial charge in [0, 0.05) is 12.3 Å². The molecule has 1 fully saturated rings. The third kappa shape index (κ3) is 2.76. The molecule has 104 valence electrons. The van der Waals surface area contributed by atoms with Gasteiger partial charge >= 0.3 is 0 Å². The van der Waals surface area contributed by atoms with E-state index < -0.39 is 5.60 Å². The van der Waals surface area contributed by atoms with Crippen LogP contribution in [0.15, 0.2) is 5.38 Å². The minimum absolute atomic E-state index is 0.113. The molecule has 0 radical (unpaired) electrons. The van der Waals surface area contributed by atoms with Crippen molar-refractivity contribution >= 4 is 28.3 Å². The van der Waals surface area contributed by atoms with Gasteiger partial charge < -0.3 is 15.3 Å². The first-order valence-corrected chi connectivity index (χ1v) is 6.94. The van der Waals surface area contributed by atoms with Crippen LogP contribution in [-0.2, 0) is 4.79 Å². The third-order valence-electron chi connectivity index (χ3n) is 3.30. The highest BCUT2D eigenvalue weighted by atomic mass is 32.1. The lowest BCUT2D eigenvalue weighted by Gasteiger charge is -2.48. The number of likely N-dealkylation sites (tertiary alicyclic amines) is 1. The van der Waals surface area contributed by atoms with E-state index in [1.54, 1.807) is 10.3 Å². The van der Waals surface area contributed by atoms with Gasteiger partial charge in [0.25, 0.3) is 5.91 Å². The molecule has 2 N–H and O–H groups in total. The lowest BCUT2D eigenvalue weighted by Crippen LogP contribution is -2.66. The number of anilines is 1. The number of hydrogen-bond donors (Lipinski definition) is 2. The maximum Gasteiger partial charge on any atom is 0.273 e. The van der Waals surface area contributed by atoms with Crippen molar-refractivity contribution in [3.8, 4) is 0 Å². The summed E-state index contributed by atoms with van der Waals surface area (Å²) in [7, 11) is 0. The van der Waals surface area contributed by atoms with Gasteiger partial charge in [0.05, 0.1) is 13.1 Å². The highest BCUT2D eigenvalue weighted by molar-refractivity contribution is 7.14. The molecule has 1 aliphatic rings. The summed E-state index contributed by atoms with van der Waals surface area (Å²) in [5.41, 5.74) is -0.480. The lowest BCUT2D eigenvalue weighted by atomic mass is 9.83. The normalized spacial score (nSPS) is 17.2. The number of carbonyl (C=O) groups is 2. The number of thiazole rings is 1. The highest BCUT2D eigenvalue weighted by Gasteiger charge is 2.46. The molecule has 7 heteroatoms. The molecule has 1 aliphatic heterocycles. The fraction of sp³-hybridized carbons (Fsp3) is 0.583. The zero-order valence-corrected chi connectivity index (χ0v) is 12.0. The minimum Gasteiger partial charge on any atom is -0.386 e. The number of amides is 2. The predicted octanol–water partition coefficient (Wildman–Crippen LogP) is 0.944. The van der Waals surface area contributed by atoms with E-state index in [2.05, 4.69) is 10.3 Å². The van der Waals surface area contributed by atoms with Gasteiger partial charge in [-0.2, -0.15) is 0 Å². The molecule has 6 nitrogen and oxygen atoms in total. The van der Waals surface area contributed by atoms with Gasteiger partial charge in [0.1, 0.15) is 11.3 Å². The summed E-state index contributed by atoms with van der Waals surface area (Å²) in [4.78, 5) is 28.6. The van der Waals surface area contributed by atoms with E-state index in [4.69, 9.17) is 0 Å². The average Bonchev–Trinajstić information content (AvgIpc) is 2.71. The molecule has 1 saturated heterocycles. The quantitative estimate of drug-likeness (QED) is 0.865. The molecule has 2 amide bonds. The topological polar surface area (TPSA) is 82.5 Å². The number of aliphatic hydroxyl groups is 1. The summed E-state index contributed by atoms with van der Waals surface area (Å²) in [6.45, 7) is 5.91. The van der Waals surface area contributed by atoms with Crippen molar-refractivity contribution in [2.24, 2.45) is 5.92 Å². The zero-order valence-electron chi connectivity index (χ0n) is 11.1. The first kappa shape index (κ1) is 14.0. The van der Waals surface area contributed by atoms with Crippen LogP contribution in [0.5, 0.6) is 0 Å². The molecule has 2 rings (SSSR count). The maximum atomic E-state index is 12.1. The maximum absolute atomic E-state index is 12.1. The van der Waals surface area contributed by atoms with E-state index in [0.717, 1.165) is 0 Å². The molecule has 0 bridgehead atoms. The third-order valence-corrected chi connectivity index (χ3v) is 4.06. The lowest BCUT2D eigenvalue weighted by molar-refractivity contribution is -0.114. The average molecular weight is 283 g/mol. The van der Waals surface area contributed by atoms with Crippen LogP contribution < -0.4 is 5.32 Å². The van der Waals surface area contributed by atoms with Gasteiger partial charge in [-0.15, -0.1) is 11.3 Å². The Bertz CT molecular complexity index is 506. The first-order chi connectivity index (χ1) is 8.82. The van der Waals surface area contributed by atoms with Crippen LogP contribution in [-0.4, -0.2) is 45.5 Å². The van der Waals surface area contributed by atoms with E-state index >= 15 is 0 Å². The molecule has 0 atom stereocenters. The second-order valence-electron chi connectivity index (χ2n) is 5.14. The molecule has 1 aromatic heterocycles. The molecule has 0 spiro atoms. The van der Waals surface area contributed by atoms with Crippen LogP contribution in [0, 0.1) is 5.92 Å².